The molecule has 94 valence electrons. The Bertz CT molecular complexity index is 527. The number of phenols is 1. The molecule has 1 fully saturated rings. The Balaban J connectivity index is 2.41. The fourth-order valence-corrected chi connectivity index (χ4v) is 2.99. The highest BCUT2D eigenvalue weighted by Crippen LogP contribution is 2.32. The van der Waals surface area contributed by atoms with Gasteiger partial charge in [-0.05, 0) is 24.6 Å². The van der Waals surface area contributed by atoms with Crippen LogP contribution in [0.4, 0.5) is 5.69 Å². The summed E-state index contributed by atoms with van der Waals surface area (Å²) in [5, 5.41) is 19.1. The van der Waals surface area contributed by atoms with Crippen molar-refractivity contribution in [1.29, 1.82) is 0 Å². The number of anilines is 1. The summed E-state index contributed by atoms with van der Waals surface area (Å²) < 4.78 is 26.6. The molecule has 1 aliphatic rings. The molecule has 1 atom stereocenters. The van der Waals surface area contributed by atoms with Crippen molar-refractivity contribution in [2.24, 2.45) is 0 Å². The van der Waals surface area contributed by atoms with E-state index in [0.717, 1.165) is 4.31 Å². The first-order chi connectivity index (χ1) is 7.92. The van der Waals surface area contributed by atoms with Crippen molar-refractivity contribution in [3.63, 3.8) is 0 Å². The standard InChI is InChI=1S/C10H14N2O4S/c1-7(13)8-2-3-9(10(14)6-8)12-5-4-11-17(12,15)16/h2-3,6-7,11,13-14H,4-5H2,1H3. The molecule has 0 spiro atoms. The van der Waals surface area contributed by atoms with Crippen LogP contribution in [-0.2, 0) is 10.2 Å². The summed E-state index contributed by atoms with van der Waals surface area (Å²) >= 11 is 0. The van der Waals surface area contributed by atoms with Crippen LogP contribution < -0.4 is 9.03 Å². The van der Waals surface area contributed by atoms with Gasteiger partial charge in [0.1, 0.15) is 5.75 Å². The van der Waals surface area contributed by atoms with Gasteiger partial charge in [-0.3, -0.25) is 4.31 Å². The number of aliphatic hydroxyl groups is 1. The second-order valence-corrected chi connectivity index (χ2v) is 5.58. The third-order valence-corrected chi connectivity index (χ3v) is 4.17. The summed E-state index contributed by atoms with van der Waals surface area (Å²) in [6, 6.07) is 4.45. The summed E-state index contributed by atoms with van der Waals surface area (Å²) in [7, 11) is -3.53. The number of aliphatic hydroxyl groups excluding tert-OH is 1. The zero-order valence-electron chi connectivity index (χ0n) is 9.29. The number of aromatic hydroxyl groups is 1. The van der Waals surface area contributed by atoms with E-state index >= 15 is 0 Å². The Labute approximate surface area is 99.7 Å². The molecule has 0 amide bonds. The first kappa shape index (κ1) is 12.2. The van der Waals surface area contributed by atoms with Crippen molar-refractivity contribution in [2.75, 3.05) is 17.4 Å². The molecule has 3 N–H and O–H groups in total. The quantitative estimate of drug-likeness (QED) is 0.702. The van der Waals surface area contributed by atoms with Crippen LogP contribution in [-0.4, -0.2) is 31.7 Å². The van der Waals surface area contributed by atoms with Crippen molar-refractivity contribution >= 4 is 15.9 Å². The van der Waals surface area contributed by atoms with Gasteiger partial charge >= 0.3 is 10.2 Å². The maximum Gasteiger partial charge on any atom is 0.301 e. The van der Waals surface area contributed by atoms with Crippen LogP contribution in [0.3, 0.4) is 0 Å². The topological polar surface area (TPSA) is 89.9 Å². The van der Waals surface area contributed by atoms with E-state index in [1.54, 1.807) is 13.0 Å². The Kier molecular flexibility index (Phi) is 2.98. The average molecular weight is 258 g/mol. The van der Waals surface area contributed by atoms with Crippen LogP contribution >= 0.6 is 0 Å². The second kappa shape index (κ2) is 4.17. The molecule has 1 aromatic carbocycles. The monoisotopic (exact) mass is 258 g/mol. The van der Waals surface area contributed by atoms with Crippen LogP contribution in [0.5, 0.6) is 5.75 Å². The average Bonchev–Trinajstić information content (AvgIpc) is 2.58. The Morgan fingerprint density at radius 3 is 2.65 bits per heavy atom. The molecule has 2 rings (SSSR count). The van der Waals surface area contributed by atoms with E-state index < -0.39 is 16.3 Å². The highest BCUT2D eigenvalue weighted by molar-refractivity contribution is 7.91. The Hall–Kier alpha value is -1.31. The van der Waals surface area contributed by atoms with Crippen molar-refractivity contribution in [3.05, 3.63) is 23.8 Å². The van der Waals surface area contributed by atoms with Crippen molar-refractivity contribution in [1.82, 2.24) is 4.72 Å². The van der Waals surface area contributed by atoms with Crippen molar-refractivity contribution in [2.45, 2.75) is 13.0 Å². The maximum absolute atomic E-state index is 11.6. The van der Waals surface area contributed by atoms with Crippen LogP contribution in [0, 0.1) is 0 Å². The lowest BCUT2D eigenvalue weighted by atomic mass is 10.1. The molecule has 7 heteroatoms. The summed E-state index contributed by atoms with van der Waals surface area (Å²) in [5.41, 5.74) is 0.759. The van der Waals surface area contributed by atoms with Gasteiger partial charge in [0.2, 0.25) is 0 Å². The summed E-state index contributed by atoms with van der Waals surface area (Å²) in [5.74, 6) is -0.157. The number of rotatable bonds is 2. The van der Waals surface area contributed by atoms with E-state index in [0.29, 0.717) is 12.1 Å². The van der Waals surface area contributed by atoms with E-state index in [1.807, 2.05) is 0 Å². The van der Waals surface area contributed by atoms with Crippen LogP contribution in [0.2, 0.25) is 0 Å². The van der Waals surface area contributed by atoms with Crippen molar-refractivity contribution < 1.29 is 18.6 Å². The first-order valence-corrected chi connectivity index (χ1v) is 6.64. The molecule has 1 aromatic rings. The van der Waals surface area contributed by atoms with Crippen LogP contribution in [0.25, 0.3) is 0 Å². The molecule has 0 radical (unpaired) electrons. The van der Waals surface area contributed by atoms with Gasteiger partial charge in [-0.1, -0.05) is 6.07 Å². The highest BCUT2D eigenvalue weighted by Gasteiger charge is 2.29. The normalized spacial score (nSPS) is 20.5. The van der Waals surface area contributed by atoms with Gasteiger partial charge in [-0.15, -0.1) is 0 Å². The lowest BCUT2D eigenvalue weighted by molar-refractivity contribution is 0.199. The minimum atomic E-state index is -3.53. The first-order valence-electron chi connectivity index (χ1n) is 5.20. The van der Waals surface area contributed by atoms with Crippen LogP contribution in [0.1, 0.15) is 18.6 Å². The molecule has 0 aliphatic carbocycles. The fourth-order valence-electron chi connectivity index (χ4n) is 1.74. The predicted molar refractivity (Wildman–Crippen MR) is 63.0 cm³/mol. The maximum atomic E-state index is 11.6. The molecule has 6 nitrogen and oxygen atoms in total. The molecular weight excluding hydrogens is 244 g/mol. The minimum absolute atomic E-state index is 0.157. The number of hydrogen-bond acceptors (Lipinski definition) is 4. The summed E-state index contributed by atoms with van der Waals surface area (Å²) in [6.07, 6.45) is -0.705. The fraction of sp³-hybridized carbons (Fsp3) is 0.400. The lowest BCUT2D eigenvalue weighted by Crippen LogP contribution is -2.29. The number of hydrogen-bond donors (Lipinski definition) is 3. The molecule has 1 saturated heterocycles. The number of phenolic OH excluding ortho intramolecular Hbond substituents is 1. The van der Waals surface area contributed by atoms with Crippen LogP contribution in [0.15, 0.2) is 18.2 Å². The van der Waals surface area contributed by atoms with E-state index in [2.05, 4.69) is 4.72 Å². The van der Waals surface area contributed by atoms with Gasteiger partial charge < -0.3 is 10.2 Å². The van der Waals surface area contributed by atoms with Gasteiger partial charge in [0.05, 0.1) is 11.8 Å². The van der Waals surface area contributed by atoms with Crippen molar-refractivity contribution in [3.8, 4) is 5.75 Å². The number of nitrogens with one attached hydrogen (secondary N) is 1. The van der Waals surface area contributed by atoms with Gasteiger partial charge in [-0.25, -0.2) is 0 Å². The second-order valence-electron chi connectivity index (χ2n) is 3.90. The lowest BCUT2D eigenvalue weighted by Gasteiger charge is -2.18. The number of nitrogens with zero attached hydrogens (tertiary/aromatic N) is 1. The molecule has 0 aromatic heterocycles. The molecule has 17 heavy (non-hydrogen) atoms. The third kappa shape index (κ3) is 2.21. The molecule has 1 heterocycles. The zero-order valence-corrected chi connectivity index (χ0v) is 10.1. The molecule has 0 saturated carbocycles. The van der Waals surface area contributed by atoms with E-state index in [-0.39, 0.29) is 18.0 Å². The summed E-state index contributed by atoms with van der Waals surface area (Å²) in [6.45, 7) is 2.17. The van der Waals surface area contributed by atoms with Gasteiger partial charge in [0, 0.05) is 13.1 Å². The van der Waals surface area contributed by atoms with E-state index in [1.165, 1.54) is 12.1 Å². The third-order valence-electron chi connectivity index (χ3n) is 2.64. The molecule has 1 aliphatic heterocycles. The smallest absolute Gasteiger partial charge is 0.301 e. The molecule has 1 unspecified atom stereocenters. The minimum Gasteiger partial charge on any atom is -0.506 e. The Morgan fingerprint density at radius 2 is 2.18 bits per heavy atom. The van der Waals surface area contributed by atoms with Gasteiger partial charge in [-0.2, -0.15) is 13.1 Å². The van der Waals surface area contributed by atoms with Gasteiger partial charge in [0.15, 0.2) is 0 Å². The largest absolute Gasteiger partial charge is 0.506 e. The zero-order chi connectivity index (χ0) is 12.6. The SMILES string of the molecule is CC(O)c1ccc(N2CCNS2(=O)=O)c(O)c1. The van der Waals surface area contributed by atoms with E-state index in [4.69, 9.17) is 0 Å². The number of benzene rings is 1. The predicted octanol–water partition coefficient (Wildman–Crippen LogP) is 0.0999. The molecular formula is C10H14N2O4S. The molecule has 0 bridgehead atoms. The Morgan fingerprint density at radius 1 is 1.47 bits per heavy atom. The van der Waals surface area contributed by atoms with Gasteiger partial charge in [0.25, 0.3) is 0 Å². The van der Waals surface area contributed by atoms with E-state index in [9.17, 15) is 18.6 Å². The highest BCUT2D eigenvalue weighted by atomic mass is 32.2. The summed E-state index contributed by atoms with van der Waals surface area (Å²) in [4.78, 5) is 0.